The first kappa shape index (κ1) is 17.8. The zero-order chi connectivity index (χ0) is 18.2. The largest absolute Gasteiger partial charge is 0.486 e. The number of amides is 1. The van der Waals surface area contributed by atoms with Gasteiger partial charge in [-0.25, -0.2) is 4.68 Å². The molecule has 1 heterocycles. The van der Waals surface area contributed by atoms with Crippen molar-refractivity contribution < 1.29 is 14.3 Å². The van der Waals surface area contributed by atoms with Crippen LogP contribution in [0.4, 0.5) is 0 Å². The molecule has 134 valence electrons. The average Bonchev–Trinajstić information content (AvgIpc) is 3.08. The summed E-state index contributed by atoms with van der Waals surface area (Å²) in [7, 11) is 0. The predicted octanol–water partition coefficient (Wildman–Crippen LogP) is 2.73. The maximum absolute atomic E-state index is 12.2. The molecule has 0 fully saturated rings. The molecular weight excluding hydrogens is 352 g/mol. The summed E-state index contributed by atoms with van der Waals surface area (Å²) in [6, 6.07) is 18.5. The van der Waals surface area contributed by atoms with Crippen molar-refractivity contribution in [3.8, 4) is 11.5 Å². The van der Waals surface area contributed by atoms with E-state index in [9.17, 15) is 4.79 Å². The van der Waals surface area contributed by atoms with Crippen molar-refractivity contribution in [2.24, 2.45) is 0 Å². The molecule has 1 amide bonds. The Morgan fingerprint density at radius 2 is 1.62 bits per heavy atom. The number of benzene rings is 2. The Hall–Kier alpha value is -3.00. The lowest BCUT2D eigenvalue weighted by molar-refractivity contribution is -0.119. The van der Waals surface area contributed by atoms with Gasteiger partial charge in [0.1, 0.15) is 18.1 Å². The topological polar surface area (TPSA) is 78.3 Å². The van der Waals surface area contributed by atoms with Gasteiger partial charge in [-0.3, -0.25) is 10.2 Å². The van der Waals surface area contributed by atoms with E-state index < -0.39 is 0 Å². The molecular formula is C18H18N4O3S. The Kier molecular flexibility index (Phi) is 6.10. The molecule has 0 atom stereocenters. The van der Waals surface area contributed by atoms with Gasteiger partial charge in [0.05, 0.1) is 0 Å². The van der Waals surface area contributed by atoms with Crippen LogP contribution in [-0.4, -0.2) is 33.6 Å². The van der Waals surface area contributed by atoms with Crippen molar-refractivity contribution in [3.63, 3.8) is 0 Å². The quantitative estimate of drug-likeness (QED) is 0.614. The molecule has 2 aromatic carbocycles. The standard InChI is InChI=1S/C18H18N4O3S/c1-26-18-20-19-16(12-24-14-8-4-2-5-9-14)22(18)21-17(23)13-25-15-10-6-3-7-11-15/h2-11H,12-13H2,1H3,(H,21,23). The Morgan fingerprint density at radius 1 is 1.00 bits per heavy atom. The van der Waals surface area contributed by atoms with E-state index in [2.05, 4.69) is 15.6 Å². The Bertz CT molecular complexity index is 840. The normalized spacial score (nSPS) is 10.3. The first-order valence-electron chi connectivity index (χ1n) is 7.90. The van der Waals surface area contributed by atoms with Crippen LogP contribution in [0.25, 0.3) is 0 Å². The highest BCUT2D eigenvalue weighted by Gasteiger charge is 2.15. The van der Waals surface area contributed by atoms with Crippen molar-refractivity contribution in [1.29, 1.82) is 0 Å². The zero-order valence-electron chi connectivity index (χ0n) is 14.2. The smallest absolute Gasteiger partial charge is 0.276 e. The third-order valence-electron chi connectivity index (χ3n) is 3.34. The summed E-state index contributed by atoms with van der Waals surface area (Å²) < 4.78 is 12.7. The highest BCUT2D eigenvalue weighted by molar-refractivity contribution is 7.98. The fourth-order valence-corrected chi connectivity index (χ4v) is 2.58. The lowest BCUT2D eigenvalue weighted by Gasteiger charge is -2.12. The van der Waals surface area contributed by atoms with Crippen molar-refractivity contribution in [1.82, 2.24) is 14.9 Å². The van der Waals surface area contributed by atoms with Gasteiger partial charge in [0.15, 0.2) is 12.4 Å². The number of hydrogen-bond donors (Lipinski definition) is 1. The van der Waals surface area contributed by atoms with Crippen LogP contribution in [0, 0.1) is 0 Å². The van der Waals surface area contributed by atoms with Crippen LogP contribution in [0.1, 0.15) is 5.82 Å². The molecule has 0 unspecified atom stereocenters. The molecule has 0 saturated carbocycles. The summed E-state index contributed by atoms with van der Waals surface area (Å²) in [6.45, 7) is 0.0619. The molecule has 0 aliphatic carbocycles. The summed E-state index contributed by atoms with van der Waals surface area (Å²) in [5.41, 5.74) is 2.74. The minimum absolute atomic E-state index is 0.116. The molecule has 7 nitrogen and oxygen atoms in total. The number of rotatable bonds is 8. The summed E-state index contributed by atoms with van der Waals surface area (Å²) in [4.78, 5) is 12.2. The number of nitrogens with zero attached hydrogens (tertiary/aromatic N) is 3. The molecule has 1 N–H and O–H groups in total. The Labute approximate surface area is 155 Å². The van der Waals surface area contributed by atoms with Crippen LogP contribution in [-0.2, 0) is 11.4 Å². The molecule has 26 heavy (non-hydrogen) atoms. The van der Waals surface area contributed by atoms with Gasteiger partial charge < -0.3 is 9.47 Å². The van der Waals surface area contributed by atoms with E-state index in [-0.39, 0.29) is 19.1 Å². The van der Waals surface area contributed by atoms with E-state index in [4.69, 9.17) is 9.47 Å². The molecule has 0 bridgehead atoms. The van der Waals surface area contributed by atoms with Crippen molar-refractivity contribution in [2.45, 2.75) is 11.8 Å². The number of para-hydroxylation sites is 2. The Balaban J connectivity index is 1.62. The first-order chi connectivity index (χ1) is 12.8. The second-order valence-electron chi connectivity index (χ2n) is 5.18. The molecule has 0 saturated heterocycles. The number of carbonyl (C=O) groups excluding carboxylic acids is 1. The number of hydrogen-bond acceptors (Lipinski definition) is 6. The van der Waals surface area contributed by atoms with E-state index in [0.29, 0.717) is 22.5 Å². The van der Waals surface area contributed by atoms with Gasteiger partial charge in [-0.05, 0) is 30.5 Å². The second kappa shape index (κ2) is 8.91. The van der Waals surface area contributed by atoms with Gasteiger partial charge in [-0.1, -0.05) is 48.2 Å². The van der Waals surface area contributed by atoms with Crippen molar-refractivity contribution in [3.05, 3.63) is 66.5 Å². The SMILES string of the molecule is CSc1nnc(COc2ccccc2)n1NC(=O)COc1ccccc1. The molecule has 8 heteroatoms. The third kappa shape index (κ3) is 4.76. The molecule has 0 spiro atoms. The monoisotopic (exact) mass is 370 g/mol. The fourth-order valence-electron chi connectivity index (χ4n) is 2.13. The molecule has 0 aliphatic rings. The van der Waals surface area contributed by atoms with Crippen LogP contribution in [0.2, 0.25) is 0 Å². The van der Waals surface area contributed by atoms with E-state index in [1.807, 2.05) is 54.8 Å². The van der Waals surface area contributed by atoms with Crippen LogP contribution in [0.5, 0.6) is 11.5 Å². The minimum atomic E-state index is -0.315. The number of nitrogens with one attached hydrogen (secondary N) is 1. The van der Waals surface area contributed by atoms with Crippen LogP contribution in [0.15, 0.2) is 65.8 Å². The maximum atomic E-state index is 12.2. The van der Waals surface area contributed by atoms with Crippen molar-refractivity contribution in [2.75, 3.05) is 18.3 Å². The van der Waals surface area contributed by atoms with Crippen LogP contribution >= 0.6 is 11.8 Å². The van der Waals surface area contributed by atoms with E-state index in [1.54, 1.807) is 12.1 Å². The summed E-state index contributed by atoms with van der Waals surface area (Å²) in [5, 5.41) is 8.70. The fraction of sp³-hybridized carbons (Fsp3) is 0.167. The molecule has 3 aromatic rings. The molecule has 0 radical (unpaired) electrons. The van der Waals surface area contributed by atoms with Crippen LogP contribution in [0.3, 0.4) is 0 Å². The number of thioether (sulfide) groups is 1. The lowest BCUT2D eigenvalue weighted by Crippen LogP contribution is -2.30. The summed E-state index contributed by atoms with van der Waals surface area (Å²) in [5.74, 6) is 1.52. The molecule has 3 rings (SSSR count). The molecule has 1 aromatic heterocycles. The summed E-state index contributed by atoms with van der Waals surface area (Å²) >= 11 is 1.37. The van der Waals surface area contributed by atoms with Crippen molar-refractivity contribution >= 4 is 17.7 Å². The zero-order valence-corrected chi connectivity index (χ0v) is 15.0. The third-order valence-corrected chi connectivity index (χ3v) is 3.97. The number of carbonyl (C=O) groups is 1. The van der Waals surface area contributed by atoms with Gasteiger partial charge in [-0.15, -0.1) is 10.2 Å². The predicted molar refractivity (Wildman–Crippen MR) is 98.9 cm³/mol. The molecule has 0 aliphatic heterocycles. The highest BCUT2D eigenvalue weighted by Crippen LogP contribution is 2.15. The van der Waals surface area contributed by atoms with E-state index >= 15 is 0 Å². The minimum Gasteiger partial charge on any atom is -0.486 e. The maximum Gasteiger partial charge on any atom is 0.276 e. The summed E-state index contributed by atoms with van der Waals surface area (Å²) in [6.07, 6.45) is 1.86. The van der Waals surface area contributed by atoms with Gasteiger partial charge in [-0.2, -0.15) is 0 Å². The number of ether oxygens (including phenoxy) is 2. The van der Waals surface area contributed by atoms with E-state index in [1.165, 1.54) is 16.4 Å². The second-order valence-corrected chi connectivity index (χ2v) is 5.95. The van der Waals surface area contributed by atoms with Crippen LogP contribution < -0.4 is 14.9 Å². The van der Waals surface area contributed by atoms with Gasteiger partial charge in [0.2, 0.25) is 5.16 Å². The highest BCUT2D eigenvalue weighted by atomic mass is 32.2. The van der Waals surface area contributed by atoms with E-state index in [0.717, 1.165) is 0 Å². The first-order valence-corrected chi connectivity index (χ1v) is 9.12. The lowest BCUT2D eigenvalue weighted by atomic mass is 10.3. The number of aromatic nitrogens is 3. The average molecular weight is 370 g/mol. The van der Waals surface area contributed by atoms with Gasteiger partial charge in [0, 0.05) is 0 Å². The Morgan fingerprint density at radius 3 is 2.23 bits per heavy atom. The van der Waals surface area contributed by atoms with Gasteiger partial charge in [0.25, 0.3) is 5.91 Å². The van der Waals surface area contributed by atoms with Gasteiger partial charge >= 0.3 is 0 Å².